The van der Waals surface area contributed by atoms with E-state index in [1.54, 1.807) is 13.2 Å². The molecule has 6 rings (SSSR count). The van der Waals surface area contributed by atoms with Gasteiger partial charge in [-0.05, 0) is 72.1 Å². The van der Waals surface area contributed by atoms with Gasteiger partial charge in [-0.1, -0.05) is 48.0 Å². The molecule has 1 aliphatic rings. The van der Waals surface area contributed by atoms with Crippen LogP contribution in [0.3, 0.4) is 0 Å². The second-order valence-electron chi connectivity index (χ2n) is 9.71. The Balaban J connectivity index is 1.38. The maximum absolute atomic E-state index is 13.7. The molecule has 1 aromatic heterocycles. The Hall–Kier alpha value is -3.98. The summed E-state index contributed by atoms with van der Waals surface area (Å²) in [4.78, 5) is 18.6. The minimum atomic E-state index is -3.67. The summed E-state index contributed by atoms with van der Waals surface area (Å²) in [7, 11) is -2.04. The van der Waals surface area contributed by atoms with Gasteiger partial charge in [0, 0.05) is 24.0 Å². The number of nitrogens with zero attached hydrogens (tertiary/aromatic N) is 2. The van der Waals surface area contributed by atoms with Gasteiger partial charge in [0.25, 0.3) is 5.91 Å². The predicted octanol–water partition coefficient (Wildman–Crippen LogP) is 6.75. The Kier molecular flexibility index (Phi) is 6.92. The van der Waals surface area contributed by atoms with Gasteiger partial charge in [-0.15, -0.1) is 0 Å². The number of hydrogen-bond donors (Lipinski definition) is 1. The van der Waals surface area contributed by atoms with E-state index in [9.17, 15) is 13.2 Å². The van der Waals surface area contributed by atoms with Crippen molar-refractivity contribution < 1.29 is 17.9 Å². The van der Waals surface area contributed by atoms with Crippen molar-refractivity contribution in [3.63, 3.8) is 0 Å². The highest BCUT2D eigenvalue weighted by atomic mass is 35.5. The highest BCUT2D eigenvalue weighted by Crippen LogP contribution is 2.32. The van der Waals surface area contributed by atoms with Crippen molar-refractivity contribution in [2.45, 2.75) is 17.7 Å². The predicted molar refractivity (Wildman–Crippen MR) is 159 cm³/mol. The second kappa shape index (κ2) is 10.5. The van der Waals surface area contributed by atoms with Crippen LogP contribution >= 0.6 is 11.6 Å². The van der Waals surface area contributed by atoms with E-state index in [0.717, 1.165) is 34.9 Å². The maximum Gasteiger partial charge on any atom is 0.256 e. The number of amides is 1. The highest BCUT2D eigenvalue weighted by Gasteiger charge is 2.28. The first-order valence-electron chi connectivity index (χ1n) is 12.9. The number of aromatic nitrogens is 1. The van der Waals surface area contributed by atoms with Crippen LogP contribution in [0.4, 0.5) is 5.69 Å². The van der Waals surface area contributed by atoms with Crippen LogP contribution in [0.25, 0.3) is 32.9 Å². The van der Waals surface area contributed by atoms with Crippen LogP contribution < -0.4 is 10.1 Å². The Labute approximate surface area is 237 Å². The summed E-state index contributed by atoms with van der Waals surface area (Å²) < 4.78 is 33.0. The molecule has 1 aliphatic heterocycles. The number of halogens is 1. The summed E-state index contributed by atoms with van der Waals surface area (Å²) in [6.45, 7) is 0.974. The topological polar surface area (TPSA) is 88.6 Å². The van der Waals surface area contributed by atoms with E-state index in [1.165, 1.54) is 22.5 Å². The van der Waals surface area contributed by atoms with E-state index in [0.29, 0.717) is 35.2 Å². The molecule has 40 heavy (non-hydrogen) atoms. The third-order valence-electron chi connectivity index (χ3n) is 7.19. The van der Waals surface area contributed by atoms with Crippen LogP contribution in [-0.2, 0) is 10.0 Å². The third kappa shape index (κ3) is 4.90. The van der Waals surface area contributed by atoms with Crippen molar-refractivity contribution in [3.8, 4) is 17.0 Å². The first-order valence-corrected chi connectivity index (χ1v) is 14.7. The lowest BCUT2D eigenvalue weighted by Crippen LogP contribution is -2.28. The van der Waals surface area contributed by atoms with Gasteiger partial charge < -0.3 is 10.1 Å². The molecular formula is C31H26ClN3O4S. The van der Waals surface area contributed by atoms with Crippen LogP contribution in [0.2, 0.25) is 5.02 Å². The normalized spacial score (nSPS) is 14.1. The Morgan fingerprint density at radius 1 is 0.925 bits per heavy atom. The number of carbonyl (C=O) groups is 1. The number of methoxy groups -OCH3 is 1. The molecule has 0 saturated carbocycles. The van der Waals surface area contributed by atoms with Gasteiger partial charge in [-0.25, -0.2) is 13.4 Å². The standard InChI is InChI=1S/C31H26ClN3O4S/c1-39-23-11-10-20-16-22(9-8-21(20)17-23)29-19-26(25-6-2-3-7-28(25)33-29)31(36)34-30-18-24(12-13-27(30)32)40(37,38)35-14-4-5-15-35/h2-3,6-13,16-19H,4-5,14-15H2,1H3,(H,34,36). The molecule has 0 spiro atoms. The molecule has 0 bridgehead atoms. The molecule has 1 saturated heterocycles. The van der Waals surface area contributed by atoms with Crippen LogP contribution in [0.15, 0.2) is 89.8 Å². The van der Waals surface area contributed by atoms with Crippen molar-refractivity contribution in [1.29, 1.82) is 0 Å². The number of benzene rings is 4. The minimum absolute atomic E-state index is 0.0992. The Bertz CT molecular complexity index is 1890. The molecule has 0 atom stereocenters. The third-order valence-corrected chi connectivity index (χ3v) is 9.42. The molecular weight excluding hydrogens is 546 g/mol. The quantitative estimate of drug-likeness (QED) is 0.243. The number of nitrogens with one attached hydrogen (secondary N) is 1. The lowest BCUT2D eigenvalue weighted by Gasteiger charge is -2.17. The molecule has 9 heteroatoms. The Morgan fingerprint density at radius 3 is 2.48 bits per heavy atom. The van der Waals surface area contributed by atoms with Crippen LogP contribution in [0.5, 0.6) is 5.75 Å². The van der Waals surface area contributed by atoms with Crippen molar-refractivity contribution in [3.05, 3.63) is 95.5 Å². The van der Waals surface area contributed by atoms with E-state index in [1.807, 2.05) is 60.7 Å². The highest BCUT2D eigenvalue weighted by molar-refractivity contribution is 7.89. The van der Waals surface area contributed by atoms with Crippen LogP contribution in [0.1, 0.15) is 23.2 Å². The molecule has 7 nitrogen and oxygen atoms in total. The number of para-hydroxylation sites is 1. The number of pyridine rings is 1. The van der Waals surface area contributed by atoms with Crippen molar-refractivity contribution in [2.24, 2.45) is 0 Å². The molecule has 2 heterocycles. The first kappa shape index (κ1) is 26.3. The minimum Gasteiger partial charge on any atom is -0.497 e. The molecule has 0 radical (unpaired) electrons. The van der Waals surface area contributed by atoms with Crippen LogP contribution in [-0.4, -0.2) is 43.8 Å². The van der Waals surface area contributed by atoms with Gasteiger partial charge in [-0.3, -0.25) is 4.79 Å². The van der Waals surface area contributed by atoms with E-state index in [4.69, 9.17) is 21.3 Å². The number of carbonyl (C=O) groups excluding carboxylic acids is 1. The lowest BCUT2D eigenvalue weighted by molar-refractivity contribution is 0.102. The Morgan fingerprint density at radius 2 is 1.68 bits per heavy atom. The zero-order valence-corrected chi connectivity index (χ0v) is 23.3. The molecule has 4 aromatic carbocycles. The first-order chi connectivity index (χ1) is 19.3. The average Bonchev–Trinajstić information content (AvgIpc) is 3.53. The number of anilines is 1. The van der Waals surface area contributed by atoms with E-state index < -0.39 is 15.9 Å². The summed E-state index contributed by atoms with van der Waals surface area (Å²) in [5.74, 6) is 0.363. The van der Waals surface area contributed by atoms with Gasteiger partial charge in [0.05, 0.1) is 39.5 Å². The molecule has 1 amide bonds. The monoisotopic (exact) mass is 571 g/mol. The molecule has 5 aromatic rings. The van der Waals surface area contributed by atoms with E-state index >= 15 is 0 Å². The van der Waals surface area contributed by atoms with Crippen molar-refractivity contribution >= 4 is 54.9 Å². The summed E-state index contributed by atoms with van der Waals surface area (Å²) in [5.41, 5.74) is 2.79. The summed E-state index contributed by atoms with van der Waals surface area (Å²) >= 11 is 6.42. The van der Waals surface area contributed by atoms with Gasteiger partial charge >= 0.3 is 0 Å². The zero-order chi connectivity index (χ0) is 27.9. The van der Waals surface area contributed by atoms with Crippen molar-refractivity contribution in [1.82, 2.24) is 9.29 Å². The SMILES string of the molecule is COc1ccc2cc(-c3cc(C(=O)Nc4cc(S(=O)(=O)N5CCCC5)ccc4Cl)c4ccccc4n3)ccc2c1. The fraction of sp³-hybridized carbons (Fsp3) is 0.161. The van der Waals surface area contributed by atoms with Gasteiger partial charge in [0.15, 0.2) is 0 Å². The largest absolute Gasteiger partial charge is 0.497 e. The number of ether oxygens (including phenoxy) is 1. The molecule has 1 N–H and O–H groups in total. The fourth-order valence-corrected chi connectivity index (χ4v) is 6.76. The van der Waals surface area contributed by atoms with E-state index in [2.05, 4.69) is 5.32 Å². The number of sulfonamides is 1. The summed E-state index contributed by atoms with van der Waals surface area (Å²) in [6.07, 6.45) is 1.67. The van der Waals surface area contributed by atoms with Gasteiger partial charge in [0.2, 0.25) is 10.0 Å². The second-order valence-corrected chi connectivity index (χ2v) is 12.1. The molecule has 1 fully saturated rings. The summed E-state index contributed by atoms with van der Waals surface area (Å²) in [6, 6.07) is 25.4. The van der Waals surface area contributed by atoms with Gasteiger partial charge in [-0.2, -0.15) is 4.31 Å². The van der Waals surface area contributed by atoms with Crippen LogP contribution in [0, 0.1) is 0 Å². The number of hydrogen-bond acceptors (Lipinski definition) is 5. The fourth-order valence-electron chi connectivity index (χ4n) is 5.05. The summed E-state index contributed by atoms with van der Waals surface area (Å²) in [5, 5.41) is 5.81. The molecule has 202 valence electrons. The molecule has 0 aliphatic carbocycles. The number of fused-ring (bicyclic) bond motifs is 2. The molecule has 0 unspecified atom stereocenters. The van der Waals surface area contributed by atoms with Crippen molar-refractivity contribution in [2.75, 3.05) is 25.5 Å². The maximum atomic E-state index is 13.7. The van der Waals surface area contributed by atoms with E-state index in [-0.39, 0.29) is 15.6 Å². The lowest BCUT2D eigenvalue weighted by atomic mass is 10.0. The average molecular weight is 572 g/mol. The van der Waals surface area contributed by atoms with Gasteiger partial charge in [0.1, 0.15) is 5.75 Å². The smallest absolute Gasteiger partial charge is 0.256 e. The number of rotatable bonds is 6. The zero-order valence-electron chi connectivity index (χ0n) is 21.7.